The molecule has 0 atom stereocenters. The van der Waals surface area contributed by atoms with Gasteiger partial charge in [0, 0.05) is 35.8 Å². The Balaban J connectivity index is 1.72. The first-order valence-corrected chi connectivity index (χ1v) is 7.90. The highest BCUT2D eigenvalue weighted by Crippen LogP contribution is 2.15. The first kappa shape index (κ1) is 16.6. The van der Waals surface area contributed by atoms with Gasteiger partial charge < -0.3 is 9.84 Å². The molecule has 0 unspecified atom stereocenters. The molecule has 0 saturated carbocycles. The van der Waals surface area contributed by atoms with Crippen molar-refractivity contribution >= 4 is 21.8 Å². The van der Waals surface area contributed by atoms with E-state index in [-0.39, 0.29) is 18.3 Å². The molecule has 5 nitrogen and oxygen atoms in total. The Kier molecular flexibility index (Phi) is 6.06. The zero-order chi connectivity index (χ0) is 15.9. The fraction of sp³-hybridized carbons (Fsp3) is 0.400. The van der Waals surface area contributed by atoms with E-state index in [0.717, 1.165) is 10.9 Å². The van der Waals surface area contributed by atoms with Crippen LogP contribution in [0.15, 0.2) is 27.2 Å². The Morgan fingerprint density at radius 3 is 3.00 bits per heavy atom. The molecule has 2 rings (SSSR count). The van der Waals surface area contributed by atoms with Crippen molar-refractivity contribution in [2.24, 2.45) is 0 Å². The summed E-state index contributed by atoms with van der Waals surface area (Å²) in [5.74, 6) is 0.753. The number of aromatic nitrogens is 2. The molecule has 0 spiro atoms. The van der Waals surface area contributed by atoms with Crippen molar-refractivity contribution in [1.29, 1.82) is 0 Å². The molecular formula is C15H17BrFN3O2. The van der Waals surface area contributed by atoms with Gasteiger partial charge in [0.2, 0.25) is 11.8 Å². The molecule has 1 amide bonds. The van der Waals surface area contributed by atoms with E-state index in [4.69, 9.17) is 4.52 Å². The van der Waals surface area contributed by atoms with E-state index in [1.165, 1.54) is 6.07 Å². The molecule has 2 aromatic rings. The number of halogens is 2. The first-order valence-electron chi connectivity index (χ1n) is 7.10. The number of hydrogen-bond acceptors (Lipinski definition) is 4. The van der Waals surface area contributed by atoms with Crippen LogP contribution >= 0.6 is 15.9 Å². The fourth-order valence-electron chi connectivity index (χ4n) is 1.90. The smallest absolute Gasteiger partial charge is 0.226 e. The number of carbonyl (C=O) groups excluding carboxylic acids is 1. The van der Waals surface area contributed by atoms with Crippen LogP contribution < -0.4 is 5.32 Å². The highest BCUT2D eigenvalue weighted by Gasteiger charge is 2.08. The van der Waals surface area contributed by atoms with Crippen molar-refractivity contribution < 1.29 is 13.7 Å². The number of rotatable bonds is 7. The summed E-state index contributed by atoms with van der Waals surface area (Å²) in [6.07, 6.45) is 2.23. The van der Waals surface area contributed by atoms with Crippen molar-refractivity contribution in [3.8, 4) is 0 Å². The highest BCUT2D eigenvalue weighted by atomic mass is 79.9. The average molecular weight is 370 g/mol. The second-order valence-electron chi connectivity index (χ2n) is 4.82. The maximum atomic E-state index is 13.5. The largest absolute Gasteiger partial charge is 0.352 e. The average Bonchev–Trinajstić information content (AvgIpc) is 2.96. The lowest BCUT2D eigenvalue weighted by Gasteiger charge is -2.06. The fourth-order valence-corrected chi connectivity index (χ4v) is 2.30. The summed E-state index contributed by atoms with van der Waals surface area (Å²) in [5, 5.41) is 6.50. The summed E-state index contributed by atoms with van der Waals surface area (Å²) < 4.78 is 19.4. The van der Waals surface area contributed by atoms with Crippen LogP contribution in [0, 0.1) is 5.82 Å². The van der Waals surface area contributed by atoms with Crippen LogP contribution in [-0.2, 0) is 24.2 Å². The quantitative estimate of drug-likeness (QED) is 0.813. The van der Waals surface area contributed by atoms with E-state index in [1.54, 1.807) is 12.1 Å². The van der Waals surface area contributed by atoms with E-state index in [9.17, 15) is 9.18 Å². The van der Waals surface area contributed by atoms with E-state index in [0.29, 0.717) is 36.5 Å². The Bertz CT molecular complexity index is 645. The SMILES string of the molecule is CCc1noc(CCCC(=O)NCc2cc(Br)ccc2F)n1. The van der Waals surface area contributed by atoms with Crippen LogP contribution in [0.25, 0.3) is 0 Å². The number of benzene rings is 1. The molecule has 0 saturated heterocycles. The number of carbonyl (C=O) groups is 1. The topological polar surface area (TPSA) is 68.0 Å². The van der Waals surface area contributed by atoms with Crippen molar-refractivity contribution in [3.05, 3.63) is 45.8 Å². The standard InChI is InChI=1S/C15H17BrFN3O2/c1-2-13-19-15(22-20-13)5-3-4-14(21)18-9-10-8-11(16)6-7-12(10)17/h6-8H,2-5,9H2,1H3,(H,18,21). The minimum absolute atomic E-state index is 0.130. The lowest BCUT2D eigenvalue weighted by Crippen LogP contribution is -2.23. The summed E-state index contributed by atoms with van der Waals surface area (Å²) in [4.78, 5) is 15.9. The lowest BCUT2D eigenvalue weighted by molar-refractivity contribution is -0.121. The molecule has 1 N–H and O–H groups in total. The van der Waals surface area contributed by atoms with Gasteiger partial charge in [0.25, 0.3) is 0 Å². The normalized spacial score (nSPS) is 10.7. The Morgan fingerprint density at radius 2 is 2.27 bits per heavy atom. The maximum absolute atomic E-state index is 13.5. The van der Waals surface area contributed by atoms with Crippen LogP contribution in [0.2, 0.25) is 0 Å². The van der Waals surface area contributed by atoms with E-state index >= 15 is 0 Å². The third kappa shape index (κ3) is 4.91. The zero-order valence-electron chi connectivity index (χ0n) is 12.2. The van der Waals surface area contributed by atoms with Crippen molar-refractivity contribution in [2.45, 2.75) is 39.2 Å². The van der Waals surface area contributed by atoms with E-state index in [1.807, 2.05) is 6.92 Å². The molecule has 1 heterocycles. The molecular weight excluding hydrogens is 353 g/mol. The van der Waals surface area contributed by atoms with Gasteiger partial charge in [0.1, 0.15) is 5.82 Å². The molecule has 0 aliphatic carbocycles. The van der Waals surface area contributed by atoms with Gasteiger partial charge in [-0.25, -0.2) is 4.39 Å². The molecule has 7 heteroatoms. The number of nitrogens with zero attached hydrogens (tertiary/aromatic N) is 2. The first-order chi connectivity index (χ1) is 10.6. The summed E-state index contributed by atoms with van der Waals surface area (Å²) in [5.41, 5.74) is 0.451. The Hall–Kier alpha value is -1.76. The number of hydrogen-bond donors (Lipinski definition) is 1. The van der Waals surface area contributed by atoms with Gasteiger partial charge in [-0.15, -0.1) is 0 Å². The monoisotopic (exact) mass is 369 g/mol. The minimum atomic E-state index is -0.332. The van der Waals surface area contributed by atoms with Gasteiger partial charge in [-0.1, -0.05) is 28.0 Å². The van der Waals surface area contributed by atoms with Crippen LogP contribution in [-0.4, -0.2) is 16.0 Å². The maximum Gasteiger partial charge on any atom is 0.226 e. The van der Waals surface area contributed by atoms with Crippen LogP contribution in [0.1, 0.15) is 37.0 Å². The van der Waals surface area contributed by atoms with Gasteiger partial charge in [0.15, 0.2) is 5.82 Å². The number of nitrogens with one attached hydrogen (secondary N) is 1. The second kappa shape index (κ2) is 8.03. The molecule has 1 aromatic heterocycles. The second-order valence-corrected chi connectivity index (χ2v) is 5.74. The summed E-state index contributed by atoms with van der Waals surface area (Å²) in [7, 11) is 0. The summed E-state index contributed by atoms with van der Waals surface area (Å²) >= 11 is 3.28. The molecule has 118 valence electrons. The van der Waals surface area contributed by atoms with Gasteiger partial charge in [-0.3, -0.25) is 4.79 Å². The minimum Gasteiger partial charge on any atom is -0.352 e. The number of amides is 1. The van der Waals surface area contributed by atoms with E-state index < -0.39 is 0 Å². The highest BCUT2D eigenvalue weighted by molar-refractivity contribution is 9.10. The third-order valence-electron chi connectivity index (χ3n) is 3.10. The summed E-state index contributed by atoms with van der Waals surface area (Å²) in [6, 6.07) is 4.64. The van der Waals surface area contributed by atoms with Gasteiger partial charge in [-0.05, 0) is 24.6 Å². The van der Waals surface area contributed by atoms with E-state index in [2.05, 4.69) is 31.4 Å². The molecule has 0 bridgehead atoms. The summed E-state index contributed by atoms with van der Waals surface area (Å²) in [6.45, 7) is 2.12. The van der Waals surface area contributed by atoms with Gasteiger partial charge in [0.05, 0.1) is 0 Å². The van der Waals surface area contributed by atoms with Crippen molar-refractivity contribution in [2.75, 3.05) is 0 Å². The van der Waals surface area contributed by atoms with Crippen LogP contribution in [0.4, 0.5) is 4.39 Å². The molecule has 0 aliphatic rings. The molecule has 0 radical (unpaired) electrons. The van der Waals surface area contributed by atoms with Crippen molar-refractivity contribution in [3.63, 3.8) is 0 Å². The predicted octanol–water partition coefficient (Wildman–Crippen LogP) is 3.17. The lowest BCUT2D eigenvalue weighted by atomic mass is 10.2. The number of aryl methyl sites for hydroxylation is 2. The Labute approximate surface area is 136 Å². The molecule has 1 aromatic carbocycles. The molecule has 0 fully saturated rings. The predicted molar refractivity (Wildman–Crippen MR) is 82.6 cm³/mol. The molecule has 22 heavy (non-hydrogen) atoms. The zero-order valence-corrected chi connectivity index (χ0v) is 13.8. The van der Waals surface area contributed by atoms with Gasteiger partial charge >= 0.3 is 0 Å². The van der Waals surface area contributed by atoms with Crippen LogP contribution in [0.5, 0.6) is 0 Å². The Morgan fingerprint density at radius 1 is 1.45 bits per heavy atom. The third-order valence-corrected chi connectivity index (χ3v) is 3.60. The van der Waals surface area contributed by atoms with Crippen molar-refractivity contribution in [1.82, 2.24) is 15.5 Å². The van der Waals surface area contributed by atoms with Crippen LogP contribution in [0.3, 0.4) is 0 Å². The van der Waals surface area contributed by atoms with Gasteiger partial charge in [-0.2, -0.15) is 4.98 Å². The molecule has 0 aliphatic heterocycles.